The highest BCUT2D eigenvalue weighted by molar-refractivity contribution is 7.13. The van der Waals surface area contributed by atoms with Crippen molar-refractivity contribution in [3.63, 3.8) is 0 Å². The number of urea groups is 1. The Hall–Kier alpha value is -2.48. The van der Waals surface area contributed by atoms with E-state index in [2.05, 4.69) is 20.8 Å². The molecule has 2 aromatic rings. The fourth-order valence-corrected chi connectivity index (χ4v) is 4.76. The molecule has 28 heavy (non-hydrogen) atoms. The lowest BCUT2D eigenvalue weighted by atomic mass is 10.2. The Labute approximate surface area is 168 Å². The van der Waals surface area contributed by atoms with Gasteiger partial charge in [0.15, 0.2) is 0 Å². The largest absolute Gasteiger partial charge is 0.335 e. The van der Waals surface area contributed by atoms with E-state index in [1.807, 2.05) is 36.1 Å². The van der Waals surface area contributed by atoms with Gasteiger partial charge < -0.3 is 15.5 Å². The average molecular weight is 400 g/mol. The third-order valence-electron chi connectivity index (χ3n) is 5.43. The third-order valence-corrected chi connectivity index (χ3v) is 6.45. The molecule has 4 rings (SSSR count). The van der Waals surface area contributed by atoms with Crippen LogP contribution in [0.5, 0.6) is 0 Å². The van der Waals surface area contributed by atoms with Gasteiger partial charge in [0.2, 0.25) is 5.01 Å². The summed E-state index contributed by atoms with van der Waals surface area (Å²) in [5.41, 5.74) is 1.86. The number of hydrogen-bond acceptors (Lipinski definition) is 5. The Morgan fingerprint density at radius 2 is 1.82 bits per heavy atom. The zero-order valence-corrected chi connectivity index (χ0v) is 16.8. The van der Waals surface area contributed by atoms with Crippen molar-refractivity contribution in [2.24, 2.45) is 0 Å². The van der Waals surface area contributed by atoms with Crippen molar-refractivity contribution >= 4 is 29.0 Å². The van der Waals surface area contributed by atoms with Crippen LogP contribution in [0.3, 0.4) is 0 Å². The van der Waals surface area contributed by atoms with Gasteiger partial charge in [0.25, 0.3) is 5.91 Å². The molecule has 1 aliphatic carbocycles. The minimum atomic E-state index is -0.271. The summed E-state index contributed by atoms with van der Waals surface area (Å²) in [5.74, 6) is -0.271. The maximum atomic E-state index is 12.7. The first-order valence-corrected chi connectivity index (χ1v) is 10.7. The zero-order chi connectivity index (χ0) is 19.5. The van der Waals surface area contributed by atoms with Crippen molar-refractivity contribution in [3.05, 3.63) is 39.8 Å². The molecule has 0 bridgehead atoms. The first-order valence-electron chi connectivity index (χ1n) is 9.89. The predicted molar refractivity (Wildman–Crippen MR) is 109 cm³/mol. The van der Waals surface area contributed by atoms with E-state index in [1.165, 1.54) is 24.2 Å². The van der Waals surface area contributed by atoms with Gasteiger partial charge in [0.1, 0.15) is 5.01 Å². The molecule has 8 heteroatoms. The number of aryl methyl sites for hydroxylation is 1. The fourth-order valence-electron chi connectivity index (χ4n) is 3.88. The van der Waals surface area contributed by atoms with Gasteiger partial charge in [-0.3, -0.25) is 4.79 Å². The molecule has 2 aliphatic rings. The second-order valence-corrected chi connectivity index (χ2v) is 8.56. The van der Waals surface area contributed by atoms with Crippen LogP contribution in [-0.4, -0.2) is 39.6 Å². The monoisotopic (exact) mass is 399 g/mol. The third kappa shape index (κ3) is 4.16. The van der Waals surface area contributed by atoms with Gasteiger partial charge in [-0.15, -0.1) is 10.2 Å². The highest BCUT2D eigenvalue weighted by Gasteiger charge is 2.34. The number of amides is 3. The van der Waals surface area contributed by atoms with Crippen LogP contribution in [-0.2, 0) is 0 Å². The lowest BCUT2D eigenvalue weighted by Crippen LogP contribution is -2.43. The summed E-state index contributed by atoms with van der Waals surface area (Å²) in [7, 11) is 0. The molecular weight excluding hydrogens is 374 g/mol. The number of carbonyl (C=O) groups excluding carboxylic acids is 2. The molecule has 2 fully saturated rings. The van der Waals surface area contributed by atoms with E-state index >= 15 is 0 Å². The number of aromatic nitrogens is 2. The van der Waals surface area contributed by atoms with E-state index in [1.54, 1.807) is 0 Å². The molecular formula is C20H25N5O2S. The number of anilines is 1. The van der Waals surface area contributed by atoms with Crippen LogP contribution >= 0.6 is 11.3 Å². The second-order valence-electron chi connectivity index (χ2n) is 7.55. The van der Waals surface area contributed by atoms with Crippen LogP contribution in [0.1, 0.15) is 64.9 Å². The topological polar surface area (TPSA) is 87.2 Å². The van der Waals surface area contributed by atoms with Crippen molar-refractivity contribution < 1.29 is 9.59 Å². The number of nitrogens with one attached hydrogen (secondary N) is 2. The van der Waals surface area contributed by atoms with Gasteiger partial charge in [-0.1, -0.05) is 41.9 Å². The van der Waals surface area contributed by atoms with Gasteiger partial charge in [-0.05, 0) is 44.7 Å². The molecule has 1 aromatic heterocycles. The minimum absolute atomic E-state index is 0.0183. The summed E-state index contributed by atoms with van der Waals surface area (Å²) in [4.78, 5) is 27.0. The summed E-state index contributed by atoms with van der Waals surface area (Å²) in [5, 5.41) is 15.3. The predicted octanol–water partition coefficient (Wildman–Crippen LogP) is 3.89. The summed E-state index contributed by atoms with van der Waals surface area (Å²) < 4.78 is 0. The molecule has 1 atom stereocenters. The summed E-state index contributed by atoms with van der Waals surface area (Å²) in [6.45, 7) is 2.71. The number of hydrogen-bond donors (Lipinski definition) is 2. The average Bonchev–Trinajstić information content (AvgIpc) is 3.44. The standard InChI is InChI=1S/C20H25N5O2S/c1-13-8-10-15(11-9-13)21-17(26)19-24-23-18(28-19)16-7-4-12-25(16)20(27)22-14-5-2-3-6-14/h8-11,14,16H,2-7,12H2,1H3,(H,21,26)(H,22,27). The van der Waals surface area contributed by atoms with E-state index in [9.17, 15) is 9.59 Å². The number of nitrogens with zero attached hydrogens (tertiary/aromatic N) is 3. The number of rotatable bonds is 4. The molecule has 7 nitrogen and oxygen atoms in total. The molecule has 148 valence electrons. The molecule has 2 N–H and O–H groups in total. The molecule has 0 radical (unpaired) electrons. The van der Waals surface area contributed by atoms with E-state index in [-0.39, 0.29) is 18.0 Å². The second kappa shape index (κ2) is 8.26. The van der Waals surface area contributed by atoms with Crippen molar-refractivity contribution in [1.82, 2.24) is 20.4 Å². The maximum absolute atomic E-state index is 12.7. The molecule has 1 aromatic carbocycles. The Bertz CT molecular complexity index is 845. The first-order chi connectivity index (χ1) is 13.6. The highest BCUT2D eigenvalue weighted by atomic mass is 32.1. The molecule has 1 saturated heterocycles. The molecule has 1 saturated carbocycles. The van der Waals surface area contributed by atoms with Gasteiger partial charge in [-0.2, -0.15) is 0 Å². The van der Waals surface area contributed by atoms with Crippen molar-refractivity contribution in [2.75, 3.05) is 11.9 Å². The Balaban J connectivity index is 1.41. The fraction of sp³-hybridized carbons (Fsp3) is 0.500. The Kier molecular flexibility index (Phi) is 5.57. The van der Waals surface area contributed by atoms with E-state index < -0.39 is 0 Å². The number of carbonyl (C=O) groups is 2. The minimum Gasteiger partial charge on any atom is -0.335 e. The van der Waals surface area contributed by atoms with Gasteiger partial charge in [-0.25, -0.2) is 4.79 Å². The van der Waals surface area contributed by atoms with Gasteiger partial charge in [0.05, 0.1) is 6.04 Å². The van der Waals surface area contributed by atoms with Gasteiger partial charge in [0, 0.05) is 18.3 Å². The lowest BCUT2D eigenvalue weighted by Gasteiger charge is -2.25. The Morgan fingerprint density at radius 1 is 1.07 bits per heavy atom. The zero-order valence-electron chi connectivity index (χ0n) is 16.0. The SMILES string of the molecule is Cc1ccc(NC(=O)c2nnc(C3CCCN3C(=O)NC3CCCC3)s2)cc1. The summed E-state index contributed by atoms with van der Waals surface area (Å²) in [6, 6.07) is 7.79. The van der Waals surface area contributed by atoms with E-state index in [4.69, 9.17) is 0 Å². The molecule has 2 heterocycles. The smallest absolute Gasteiger partial charge is 0.318 e. The van der Waals surface area contributed by atoms with Crippen LogP contribution in [0.15, 0.2) is 24.3 Å². The molecule has 1 unspecified atom stereocenters. The molecule has 0 spiro atoms. The quantitative estimate of drug-likeness (QED) is 0.817. The van der Waals surface area contributed by atoms with E-state index in [0.29, 0.717) is 17.6 Å². The molecule has 1 aliphatic heterocycles. The number of likely N-dealkylation sites (tertiary alicyclic amines) is 1. The normalized spacial score (nSPS) is 19.8. The summed E-state index contributed by atoms with van der Waals surface area (Å²) in [6.07, 6.45) is 6.28. The lowest BCUT2D eigenvalue weighted by molar-refractivity contribution is 0.102. The van der Waals surface area contributed by atoms with Gasteiger partial charge >= 0.3 is 6.03 Å². The van der Waals surface area contributed by atoms with Crippen LogP contribution in [0.25, 0.3) is 0 Å². The molecule has 3 amide bonds. The van der Waals surface area contributed by atoms with Crippen molar-refractivity contribution in [2.45, 2.75) is 57.5 Å². The first kappa shape index (κ1) is 18.9. The maximum Gasteiger partial charge on any atom is 0.318 e. The van der Waals surface area contributed by atoms with Crippen LogP contribution < -0.4 is 10.6 Å². The highest BCUT2D eigenvalue weighted by Crippen LogP contribution is 2.34. The van der Waals surface area contributed by atoms with E-state index in [0.717, 1.165) is 41.9 Å². The summed E-state index contributed by atoms with van der Waals surface area (Å²) >= 11 is 1.27. The van der Waals surface area contributed by atoms with Crippen LogP contribution in [0, 0.1) is 6.92 Å². The Morgan fingerprint density at radius 3 is 2.57 bits per heavy atom. The van der Waals surface area contributed by atoms with Crippen molar-refractivity contribution in [1.29, 1.82) is 0 Å². The van der Waals surface area contributed by atoms with Crippen LogP contribution in [0.4, 0.5) is 10.5 Å². The van der Waals surface area contributed by atoms with Crippen LogP contribution in [0.2, 0.25) is 0 Å². The number of benzene rings is 1. The van der Waals surface area contributed by atoms with Crippen molar-refractivity contribution in [3.8, 4) is 0 Å².